The number of ether oxygens (including phenoxy) is 1. The molecule has 2 aromatic heterocycles. The molecule has 29 heavy (non-hydrogen) atoms. The first-order valence-electron chi connectivity index (χ1n) is 9.81. The van der Waals surface area contributed by atoms with Gasteiger partial charge in [0.25, 0.3) is 11.8 Å². The van der Waals surface area contributed by atoms with Crippen LogP contribution in [0.2, 0.25) is 0 Å². The number of likely N-dealkylation sites (tertiary alicyclic amines) is 1. The molecule has 0 saturated carbocycles. The van der Waals surface area contributed by atoms with Crippen molar-refractivity contribution in [1.82, 2.24) is 20.1 Å². The third-order valence-corrected chi connectivity index (χ3v) is 7.69. The molecule has 0 spiro atoms. The van der Waals surface area contributed by atoms with Crippen LogP contribution in [0.5, 0.6) is 0 Å². The maximum Gasteiger partial charge on any atom is 0.283 e. The summed E-state index contributed by atoms with van der Waals surface area (Å²) < 4.78 is 5.56. The van der Waals surface area contributed by atoms with Crippen LogP contribution in [-0.2, 0) is 17.6 Å². The Bertz CT molecular complexity index is 884. The molecule has 9 heteroatoms. The van der Waals surface area contributed by atoms with E-state index >= 15 is 0 Å². The molecule has 2 aliphatic heterocycles. The summed E-state index contributed by atoms with van der Waals surface area (Å²) in [6, 6.07) is 3.53. The number of nitrogens with zero attached hydrogens (tertiary/aromatic N) is 3. The van der Waals surface area contributed by atoms with E-state index in [0.29, 0.717) is 23.0 Å². The largest absolute Gasteiger partial charge is 0.377 e. The van der Waals surface area contributed by atoms with Crippen molar-refractivity contribution in [3.8, 4) is 0 Å². The van der Waals surface area contributed by atoms with E-state index in [1.165, 1.54) is 27.6 Å². The van der Waals surface area contributed by atoms with Crippen LogP contribution in [0.25, 0.3) is 0 Å². The number of likely N-dealkylation sites (N-methyl/N-ethyl adjacent to an activating group) is 1. The van der Waals surface area contributed by atoms with Crippen LogP contribution in [0.1, 0.15) is 34.9 Å². The Hall–Kier alpha value is -1.81. The summed E-state index contributed by atoms with van der Waals surface area (Å²) in [7, 11) is 3.73. The molecule has 2 amide bonds. The van der Waals surface area contributed by atoms with Crippen molar-refractivity contribution in [1.29, 1.82) is 0 Å². The quantitative estimate of drug-likeness (QED) is 0.795. The first-order valence-corrected chi connectivity index (χ1v) is 11.4. The van der Waals surface area contributed by atoms with E-state index in [2.05, 4.69) is 22.2 Å². The minimum Gasteiger partial charge on any atom is -0.377 e. The first kappa shape index (κ1) is 20.5. The van der Waals surface area contributed by atoms with Gasteiger partial charge in [0.1, 0.15) is 0 Å². The first-order chi connectivity index (χ1) is 13.9. The number of hydrogen-bond acceptors (Lipinski definition) is 7. The number of fused-ring (bicyclic) bond motifs is 1. The topological polar surface area (TPSA) is 74.8 Å². The second kappa shape index (κ2) is 8.51. The molecule has 0 unspecified atom stereocenters. The molecule has 1 N–H and O–H groups in total. The lowest BCUT2D eigenvalue weighted by molar-refractivity contribution is 0.0692. The number of thiophene rings is 1. The van der Waals surface area contributed by atoms with Crippen LogP contribution in [0, 0.1) is 6.92 Å². The van der Waals surface area contributed by atoms with Gasteiger partial charge in [0.05, 0.1) is 22.7 Å². The fourth-order valence-electron chi connectivity index (χ4n) is 3.81. The number of carbonyl (C=O) groups is 2. The minimum atomic E-state index is -0.231. The Balaban J connectivity index is 1.43. The van der Waals surface area contributed by atoms with E-state index in [4.69, 9.17) is 4.74 Å². The van der Waals surface area contributed by atoms with Crippen molar-refractivity contribution >= 4 is 34.5 Å². The predicted octanol–water partition coefficient (Wildman–Crippen LogP) is 1.81. The zero-order valence-corrected chi connectivity index (χ0v) is 18.6. The monoisotopic (exact) mass is 434 g/mol. The maximum atomic E-state index is 13.1. The summed E-state index contributed by atoms with van der Waals surface area (Å²) in [6.45, 7) is 4.82. The van der Waals surface area contributed by atoms with Gasteiger partial charge < -0.3 is 19.9 Å². The molecule has 2 aliphatic rings. The van der Waals surface area contributed by atoms with E-state index in [-0.39, 0.29) is 24.0 Å². The fraction of sp³-hybridized carbons (Fsp3) is 0.550. The average molecular weight is 435 g/mol. The van der Waals surface area contributed by atoms with Crippen molar-refractivity contribution in [2.24, 2.45) is 0 Å². The molecule has 2 atom stereocenters. The molecule has 0 aliphatic carbocycles. The molecule has 7 nitrogen and oxygen atoms in total. The maximum absolute atomic E-state index is 13.1. The Labute approximate surface area is 178 Å². The summed E-state index contributed by atoms with van der Waals surface area (Å²) >= 11 is 2.98. The smallest absolute Gasteiger partial charge is 0.283 e. The van der Waals surface area contributed by atoms with Gasteiger partial charge in [-0.3, -0.25) is 9.59 Å². The number of carbonyl (C=O) groups excluding carboxylic acids is 2. The number of methoxy groups -OCH3 is 1. The fourth-order valence-corrected chi connectivity index (χ4v) is 5.65. The van der Waals surface area contributed by atoms with Gasteiger partial charge in [0, 0.05) is 49.5 Å². The lowest BCUT2D eigenvalue weighted by Crippen LogP contribution is -2.43. The zero-order chi connectivity index (χ0) is 20.5. The van der Waals surface area contributed by atoms with Gasteiger partial charge in [-0.15, -0.1) is 22.7 Å². The van der Waals surface area contributed by atoms with Crippen molar-refractivity contribution < 1.29 is 14.3 Å². The molecule has 156 valence electrons. The van der Waals surface area contributed by atoms with Crippen molar-refractivity contribution in [3.63, 3.8) is 0 Å². The standard InChI is InChI=1S/C20H26N4O3S2/c1-12-4-5-17(28-12)18(25)21-14-10-24(11-15(14)27-3)20(26)19-22-13-6-8-23(2)9-7-16(13)29-19/h4-5,14-15H,6-11H2,1-3H3,(H,21,25)/t14-,15-/m0/s1. The highest BCUT2D eigenvalue weighted by molar-refractivity contribution is 7.14. The molecule has 1 saturated heterocycles. The molecule has 2 aromatic rings. The summed E-state index contributed by atoms with van der Waals surface area (Å²) in [5.41, 5.74) is 1.06. The highest BCUT2D eigenvalue weighted by atomic mass is 32.1. The Kier molecular flexibility index (Phi) is 6.00. The van der Waals surface area contributed by atoms with Crippen LogP contribution in [0.4, 0.5) is 0 Å². The number of nitrogens with one attached hydrogen (secondary N) is 1. The van der Waals surface area contributed by atoms with Crippen LogP contribution < -0.4 is 5.32 Å². The molecule has 4 heterocycles. The van der Waals surface area contributed by atoms with Crippen LogP contribution in [0.15, 0.2) is 12.1 Å². The summed E-state index contributed by atoms with van der Waals surface area (Å²) in [5, 5.41) is 3.59. The highest BCUT2D eigenvalue weighted by Gasteiger charge is 2.38. The molecule has 1 fully saturated rings. The Morgan fingerprint density at radius 3 is 2.72 bits per heavy atom. The van der Waals surface area contributed by atoms with Gasteiger partial charge in [-0.2, -0.15) is 0 Å². The lowest BCUT2D eigenvalue weighted by Gasteiger charge is -2.17. The van der Waals surface area contributed by atoms with Crippen molar-refractivity contribution in [2.75, 3.05) is 40.3 Å². The Morgan fingerprint density at radius 1 is 1.21 bits per heavy atom. The number of rotatable bonds is 4. The van der Waals surface area contributed by atoms with Crippen LogP contribution >= 0.6 is 22.7 Å². The Morgan fingerprint density at radius 2 is 2.00 bits per heavy atom. The van der Waals surface area contributed by atoms with E-state index in [1.54, 1.807) is 12.0 Å². The van der Waals surface area contributed by atoms with Crippen molar-refractivity contribution in [2.45, 2.75) is 31.9 Å². The van der Waals surface area contributed by atoms with Gasteiger partial charge in [-0.1, -0.05) is 0 Å². The normalized spacial score (nSPS) is 22.4. The number of aryl methyl sites for hydroxylation is 1. The molecule has 0 bridgehead atoms. The number of thiazole rings is 1. The third kappa shape index (κ3) is 4.37. The van der Waals surface area contributed by atoms with Gasteiger partial charge in [-0.25, -0.2) is 4.98 Å². The highest BCUT2D eigenvalue weighted by Crippen LogP contribution is 2.25. The third-order valence-electron chi connectivity index (χ3n) is 5.55. The lowest BCUT2D eigenvalue weighted by atomic mass is 10.2. The number of aromatic nitrogens is 1. The van der Waals surface area contributed by atoms with Gasteiger partial charge in [-0.05, 0) is 32.5 Å². The predicted molar refractivity (Wildman–Crippen MR) is 114 cm³/mol. The van der Waals surface area contributed by atoms with Crippen molar-refractivity contribution in [3.05, 3.63) is 37.5 Å². The zero-order valence-electron chi connectivity index (χ0n) is 16.9. The summed E-state index contributed by atoms with van der Waals surface area (Å²) in [4.78, 5) is 37.3. The molecular formula is C20H26N4O3S2. The number of amides is 2. The second-order valence-corrected chi connectivity index (χ2v) is 10.0. The SMILES string of the molecule is CO[C@H]1CN(C(=O)c2nc3c(s2)CCN(C)CC3)C[C@@H]1NC(=O)c1ccc(C)s1. The molecular weight excluding hydrogens is 408 g/mol. The summed E-state index contributed by atoms with van der Waals surface area (Å²) in [5.74, 6) is -0.184. The van der Waals surface area contributed by atoms with E-state index in [9.17, 15) is 9.59 Å². The van der Waals surface area contributed by atoms with Gasteiger partial charge in [0.2, 0.25) is 0 Å². The summed E-state index contributed by atoms with van der Waals surface area (Å²) in [6.07, 6.45) is 1.60. The average Bonchev–Trinajstić information content (AvgIpc) is 3.40. The molecule has 0 aromatic carbocycles. The van der Waals surface area contributed by atoms with Crippen LogP contribution in [-0.4, -0.2) is 79.1 Å². The number of hydrogen-bond donors (Lipinski definition) is 1. The van der Waals surface area contributed by atoms with E-state index in [0.717, 1.165) is 36.5 Å². The van der Waals surface area contributed by atoms with E-state index < -0.39 is 0 Å². The van der Waals surface area contributed by atoms with Gasteiger partial charge in [0.15, 0.2) is 5.01 Å². The van der Waals surface area contributed by atoms with E-state index in [1.807, 2.05) is 19.1 Å². The molecule has 4 rings (SSSR count). The van der Waals surface area contributed by atoms with Crippen LogP contribution in [0.3, 0.4) is 0 Å². The second-order valence-electron chi connectivity index (χ2n) is 7.67. The van der Waals surface area contributed by atoms with Gasteiger partial charge >= 0.3 is 0 Å². The minimum absolute atomic E-state index is 0.0674. The molecule has 0 radical (unpaired) electrons.